The van der Waals surface area contributed by atoms with Gasteiger partial charge in [-0.1, -0.05) is 63.6 Å². The number of hydrogen-bond donors (Lipinski definition) is 9. The minimum atomic E-state index is -1.87. The van der Waals surface area contributed by atoms with Crippen molar-refractivity contribution in [2.75, 3.05) is 26.9 Å². The van der Waals surface area contributed by atoms with E-state index in [9.17, 15) is 55.5 Å². The molecule has 0 bridgehead atoms. The molecule has 9 aliphatic rings. The second-order valence-corrected chi connectivity index (χ2v) is 24.7. The standard InChI is InChI=1S/C55H84O22/c1-24(2)12-11-17-54(9)45-31(71-26(4)57)20-53(8)28-13-14-33-51(5,6)34(16-18-52(33,7)27(28)15-19-55(45,53)50(66)77-54)73-49-44(35(60)29(58)22-69-49)76-47-38(63)37(62)41(25(3)70-47)74-48-40(65)43(36(61)32(21-56)72-48)75-46-39(64)42(67-10)30(59)23-68-46/h11-13,25,27,29-49,56,58-65H,1,14-23H2,2-10H3. The van der Waals surface area contributed by atoms with Gasteiger partial charge in [0.25, 0.3) is 0 Å². The predicted octanol–water partition coefficient (Wildman–Crippen LogP) is 0.569. The first-order valence-electron chi connectivity index (χ1n) is 27.4. The number of allylic oxidation sites excluding steroid dienone is 4. The Morgan fingerprint density at radius 2 is 1.42 bits per heavy atom. The predicted molar refractivity (Wildman–Crippen MR) is 265 cm³/mol. The van der Waals surface area contributed by atoms with Gasteiger partial charge in [0.2, 0.25) is 0 Å². The highest BCUT2D eigenvalue weighted by molar-refractivity contribution is 5.84. The van der Waals surface area contributed by atoms with Crippen LogP contribution in [-0.4, -0.2) is 213 Å². The molecule has 27 atom stereocenters. The number of rotatable bonds is 14. The van der Waals surface area contributed by atoms with Crippen LogP contribution in [0.4, 0.5) is 0 Å². The van der Waals surface area contributed by atoms with Crippen LogP contribution in [-0.2, 0) is 61.7 Å². The fourth-order valence-corrected chi connectivity index (χ4v) is 15.9. The second-order valence-electron chi connectivity index (χ2n) is 24.7. The maximum absolute atomic E-state index is 14.6. The summed E-state index contributed by atoms with van der Waals surface area (Å²) in [5.41, 5.74) is -1.11. The van der Waals surface area contributed by atoms with E-state index in [1.54, 1.807) is 0 Å². The number of fused-ring (bicyclic) bond motifs is 4. The molecule has 5 heterocycles. The molecular formula is C55H84O22. The van der Waals surface area contributed by atoms with Crippen LogP contribution in [0.25, 0.3) is 0 Å². The summed E-state index contributed by atoms with van der Waals surface area (Å²) in [5.74, 6) is -0.832. The average molecular weight is 1100 g/mol. The van der Waals surface area contributed by atoms with Crippen LogP contribution < -0.4 is 0 Å². The third-order valence-electron chi connectivity index (χ3n) is 19.7. The molecule has 4 aliphatic carbocycles. The lowest BCUT2D eigenvalue weighted by atomic mass is 9.41. The van der Waals surface area contributed by atoms with Crippen molar-refractivity contribution in [3.63, 3.8) is 0 Å². The first-order chi connectivity index (χ1) is 36.2. The third-order valence-corrected chi connectivity index (χ3v) is 19.7. The molecule has 5 aliphatic heterocycles. The summed E-state index contributed by atoms with van der Waals surface area (Å²) in [5, 5.41) is 99.1. The molecule has 22 heteroatoms. The van der Waals surface area contributed by atoms with Gasteiger partial charge in [-0.15, -0.1) is 0 Å². The van der Waals surface area contributed by atoms with Crippen molar-refractivity contribution in [3.8, 4) is 0 Å². The number of methoxy groups -OCH3 is 1. The van der Waals surface area contributed by atoms with Gasteiger partial charge in [-0.2, -0.15) is 0 Å². The van der Waals surface area contributed by atoms with Gasteiger partial charge in [0.1, 0.15) is 91.1 Å². The Morgan fingerprint density at radius 1 is 0.766 bits per heavy atom. The van der Waals surface area contributed by atoms with E-state index >= 15 is 0 Å². The summed E-state index contributed by atoms with van der Waals surface area (Å²) in [4.78, 5) is 27.3. The molecule has 0 aromatic heterocycles. The smallest absolute Gasteiger partial charge is 0.314 e. The van der Waals surface area contributed by atoms with Gasteiger partial charge in [-0.25, -0.2) is 0 Å². The Balaban J connectivity index is 0.888. The highest BCUT2D eigenvalue weighted by atomic mass is 16.8. The zero-order chi connectivity index (χ0) is 56.1. The molecule has 22 nitrogen and oxygen atoms in total. The summed E-state index contributed by atoms with van der Waals surface area (Å²) < 4.78 is 65.9. The molecular weight excluding hydrogens is 1010 g/mol. The molecule has 0 amide bonds. The van der Waals surface area contributed by atoms with Crippen molar-refractivity contribution < 1.29 is 108 Å². The molecule has 5 saturated heterocycles. The molecule has 0 aromatic rings. The zero-order valence-electron chi connectivity index (χ0n) is 45.6. The van der Waals surface area contributed by atoms with Crippen LogP contribution >= 0.6 is 0 Å². The topological polar surface area (TPSA) is 318 Å². The quantitative estimate of drug-likeness (QED) is 0.0652. The number of cyclic esters (lactones) is 1. The van der Waals surface area contributed by atoms with E-state index in [0.29, 0.717) is 32.1 Å². The molecule has 8 fully saturated rings. The monoisotopic (exact) mass is 1100 g/mol. The number of carbonyl (C=O) groups is 2. The summed E-state index contributed by atoms with van der Waals surface area (Å²) in [6.07, 6.45) is -17.8. The summed E-state index contributed by atoms with van der Waals surface area (Å²) in [6, 6.07) is 0. The second kappa shape index (κ2) is 22.0. The van der Waals surface area contributed by atoms with Crippen molar-refractivity contribution in [2.45, 2.75) is 229 Å². The fourth-order valence-electron chi connectivity index (χ4n) is 15.9. The number of aliphatic hydroxyl groups excluding tert-OH is 9. The normalized spacial score (nSPS) is 51.4. The van der Waals surface area contributed by atoms with Gasteiger partial charge < -0.3 is 98.1 Å². The Bertz CT molecular complexity index is 2230. The first kappa shape index (κ1) is 59.1. The molecule has 9 rings (SSSR count). The van der Waals surface area contributed by atoms with E-state index in [0.717, 1.165) is 18.4 Å². The van der Waals surface area contributed by atoms with Gasteiger partial charge in [0, 0.05) is 25.9 Å². The van der Waals surface area contributed by atoms with Crippen molar-refractivity contribution in [3.05, 3.63) is 36.0 Å². The Labute approximate surface area is 449 Å². The van der Waals surface area contributed by atoms with Gasteiger partial charge >= 0.3 is 11.9 Å². The number of hydrogen-bond acceptors (Lipinski definition) is 22. The zero-order valence-corrected chi connectivity index (χ0v) is 45.6. The van der Waals surface area contributed by atoms with Crippen LogP contribution in [0.1, 0.15) is 100 Å². The largest absolute Gasteiger partial charge is 0.462 e. The third kappa shape index (κ3) is 9.91. The molecule has 0 radical (unpaired) electrons. The fraction of sp³-hybridized carbons (Fsp3) is 0.855. The number of aliphatic hydroxyl groups is 9. The lowest BCUT2D eigenvalue weighted by Crippen LogP contribution is -2.66. The Kier molecular flexibility index (Phi) is 16.9. The van der Waals surface area contributed by atoms with E-state index in [4.69, 9.17) is 52.1 Å². The van der Waals surface area contributed by atoms with E-state index in [-0.39, 0.29) is 42.4 Å². The summed E-state index contributed by atoms with van der Waals surface area (Å²) in [7, 11) is 1.26. The lowest BCUT2D eigenvalue weighted by molar-refractivity contribution is -0.387. The van der Waals surface area contributed by atoms with Gasteiger partial charge in [-0.05, 0) is 82.0 Å². The average Bonchev–Trinajstić information content (AvgIpc) is 3.86. The van der Waals surface area contributed by atoms with Crippen LogP contribution in [0.5, 0.6) is 0 Å². The van der Waals surface area contributed by atoms with Crippen molar-refractivity contribution in [1.82, 2.24) is 0 Å². The lowest BCUT2D eigenvalue weighted by Gasteiger charge is -2.63. The molecule has 3 saturated carbocycles. The van der Waals surface area contributed by atoms with Crippen molar-refractivity contribution in [2.24, 2.45) is 39.4 Å². The molecule has 0 aromatic carbocycles. The van der Waals surface area contributed by atoms with E-state index < -0.39 is 157 Å². The van der Waals surface area contributed by atoms with Crippen molar-refractivity contribution >= 4 is 11.9 Å². The molecule has 77 heavy (non-hydrogen) atoms. The first-order valence-corrected chi connectivity index (χ1v) is 27.4. The van der Waals surface area contributed by atoms with Crippen LogP contribution in [0.15, 0.2) is 36.0 Å². The molecule has 27 unspecified atom stereocenters. The highest BCUT2D eigenvalue weighted by Crippen LogP contribution is 2.76. The van der Waals surface area contributed by atoms with Gasteiger partial charge in [-0.3, -0.25) is 9.59 Å². The maximum Gasteiger partial charge on any atom is 0.314 e. The summed E-state index contributed by atoms with van der Waals surface area (Å²) in [6.45, 7) is 18.2. The number of ether oxygens (including phenoxy) is 11. The Hall–Kier alpha value is -2.56. The highest BCUT2D eigenvalue weighted by Gasteiger charge is 2.79. The number of esters is 2. The van der Waals surface area contributed by atoms with E-state index in [1.807, 2.05) is 26.0 Å². The van der Waals surface area contributed by atoms with E-state index in [2.05, 4.69) is 40.3 Å². The SMILES string of the molecule is C=C(C)C=CCC1(C)OC(=O)C23CCC4C(=CCC5C(C)(C)C(OC6OCC(O)C(O)C6OC6OC(C)C(OC7OC(CO)C(O)C(OC8OCC(O)C(OC)C8O)C7O)C(O)C6O)CCC45C)C2(C)CC(OC(C)=O)C13. The van der Waals surface area contributed by atoms with E-state index in [1.165, 1.54) is 26.5 Å². The van der Waals surface area contributed by atoms with Crippen LogP contribution in [0, 0.1) is 39.4 Å². The minimum Gasteiger partial charge on any atom is -0.462 e. The molecule has 9 N–H and O–H groups in total. The minimum absolute atomic E-state index is 0.0678. The van der Waals surface area contributed by atoms with Gasteiger partial charge in [0.15, 0.2) is 25.2 Å². The van der Waals surface area contributed by atoms with Crippen LogP contribution in [0.2, 0.25) is 0 Å². The Morgan fingerprint density at radius 3 is 2.09 bits per heavy atom. The number of carbonyl (C=O) groups excluding carboxylic acids is 2. The molecule has 1 spiro atoms. The van der Waals surface area contributed by atoms with Crippen LogP contribution in [0.3, 0.4) is 0 Å². The van der Waals surface area contributed by atoms with Crippen molar-refractivity contribution in [1.29, 1.82) is 0 Å². The molecule has 436 valence electrons. The summed E-state index contributed by atoms with van der Waals surface area (Å²) >= 11 is 0. The van der Waals surface area contributed by atoms with Gasteiger partial charge in [0.05, 0.1) is 43.4 Å². The maximum atomic E-state index is 14.6.